The van der Waals surface area contributed by atoms with Crippen LogP contribution in [0.3, 0.4) is 0 Å². The smallest absolute Gasteiger partial charge is 0.287 e. The molecule has 9 heteroatoms. The van der Waals surface area contributed by atoms with Crippen molar-refractivity contribution >= 4 is 17.6 Å². The Morgan fingerprint density at radius 2 is 1.73 bits per heavy atom. The molecule has 3 N–H and O–H groups in total. The number of amides is 2. The van der Waals surface area contributed by atoms with Crippen LogP contribution < -0.4 is 11.1 Å². The molecule has 1 aromatic carbocycles. The molecular weight excluding hydrogens is 384 g/mol. The van der Waals surface area contributed by atoms with Gasteiger partial charge in [0.1, 0.15) is 17.6 Å². The average Bonchev–Trinajstić information content (AvgIpc) is 3.09. The summed E-state index contributed by atoms with van der Waals surface area (Å²) in [6.07, 6.45) is 0.132. The molecule has 0 spiro atoms. The van der Waals surface area contributed by atoms with Crippen LogP contribution in [-0.4, -0.2) is 43.4 Å². The Balaban J connectivity index is 1.92. The third kappa shape index (κ3) is 4.75. The van der Waals surface area contributed by atoms with Crippen LogP contribution in [0, 0.1) is 20.8 Å². The second-order valence-corrected chi connectivity index (χ2v) is 6.94. The SMILES string of the molecule is Cc1cc(-n2nc(C)cc2C(=O)NC(Cc2ccccc2)C(=O)C(N)=O)nc(C)n1. The van der Waals surface area contributed by atoms with Crippen LogP contribution in [0.1, 0.15) is 33.3 Å². The van der Waals surface area contributed by atoms with Gasteiger partial charge in [-0.15, -0.1) is 0 Å². The number of nitrogens with two attached hydrogens (primary N) is 1. The third-order valence-corrected chi connectivity index (χ3v) is 4.38. The van der Waals surface area contributed by atoms with Crippen molar-refractivity contribution in [3.05, 3.63) is 70.9 Å². The van der Waals surface area contributed by atoms with E-state index in [1.807, 2.05) is 13.0 Å². The lowest BCUT2D eigenvalue weighted by molar-refractivity contribution is -0.137. The first kappa shape index (κ1) is 20.8. The first-order valence-electron chi connectivity index (χ1n) is 9.32. The molecule has 0 saturated carbocycles. The van der Waals surface area contributed by atoms with Crippen molar-refractivity contribution in [1.82, 2.24) is 25.1 Å². The molecule has 0 aliphatic carbocycles. The monoisotopic (exact) mass is 406 g/mol. The van der Waals surface area contributed by atoms with Crippen molar-refractivity contribution in [1.29, 1.82) is 0 Å². The molecule has 0 fully saturated rings. The summed E-state index contributed by atoms with van der Waals surface area (Å²) in [5.74, 6) is -1.58. The minimum Gasteiger partial charge on any atom is -0.363 e. The zero-order chi connectivity index (χ0) is 21.8. The second-order valence-electron chi connectivity index (χ2n) is 6.94. The van der Waals surface area contributed by atoms with E-state index >= 15 is 0 Å². The highest BCUT2D eigenvalue weighted by molar-refractivity contribution is 6.38. The fourth-order valence-electron chi connectivity index (χ4n) is 3.10. The Morgan fingerprint density at radius 3 is 2.37 bits per heavy atom. The van der Waals surface area contributed by atoms with Crippen molar-refractivity contribution in [3.63, 3.8) is 0 Å². The van der Waals surface area contributed by atoms with E-state index in [4.69, 9.17) is 5.73 Å². The molecule has 154 valence electrons. The third-order valence-electron chi connectivity index (χ3n) is 4.38. The lowest BCUT2D eigenvalue weighted by Gasteiger charge is -2.17. The quantitative estimate of drug-likeness (QED) is 0.562. The number of aryl methyl sites for hydroxylation is 3. The maximum Gasteiger partial charge on any atom is 0.287 e. The number of primary amides is 1. The molecule has 3 aromatic rings. The van der Waals surface area contributed by atoms with Crippen LogP contribution in [0.25, 0.3) is 5.82 Å². The molecule has 0 saturated heterocycles. The number of nitrogens with one attached hydrogen (secondary N) is 1. The fourth-order valence-corrected chi connectivity index (χ4v) is 3.10. The largest absolute Gasteiger partial charge is 0.363 e. The predicted molar refractivity (Wildman–Crippen MR) is 109 cm³/mol. The van der Waals surface area contributed by atoms with Gasteiger partial charge in [0.15, 0.2) is 5.82 Å². The first-order valence-corrected chi connectivity index (χ1v) is 9.32. The Bertz CT molecular complexity index is 1090. The van der Waals surface area contributed by atoms with E-state index in [1.165, 1.54) is 4.68 Å². The van der Waals surface area contributed by atoms with Gasteiger partial charge in [-0.05, 0) is 32.4 Å². The zero-order valence-electron chi connectivity index (χ0n) is 16.9. The van der Waals surface area contributed by atoms with Crippen molar-refractivity contribution in [2.45, 2.75) is 33.2 Å². The molecular formula is C21H22N6O3. The summed E-state index contributed by atoms with van der Waals surface area (Å²) in [6, 6.07) is 11.2. The number of hydrogen-bond donors (Lipinski definition) is 2. The van der Waals surface area contributed by atoms with E-state index in [-0.39, 0.29) is 12.1 Å². The van der Waals surface area contributed by atoms with E-state index in [9.17, 15) is 14.4 Å². The highest BCUT2D eigenvalue weighted by Crippen LogP contribution is 2.13. The van der Waals surface area contributed by atoms with E-state index < -0.39 is 23.6 Å². The van der Waals surface area contributed by atoms with Crippen molar-refractivity contribution < 1.29 is 14.4 Å². The van der Waals surface area contributed by atoms with E-state index in [1.54, 1.807) is 50.2 Å². The molecule has 2 amide bonds. The predicted octanol–water partition coefficient (Wildman–Crippen LogP) is 0.983. The summed E-state index contributed by atoms with van der Waals surface area (Å²) in [4.78, 5) is 45.4. The number of rotatable bonds is 7. The number of nitrogens with zero attached hydrogens (tertiary/aromatic N) is 4. The average molecular weight is 406 g/mol. The molecule has 0 bridgehead atoms. The molecule has 3 rings (SSSR count). The van der Waals surface area contributed by atoms with Gasteiger partial charge in [0.05, 0.1) is 5.69 Å². The molecule has 0 radical (unpaired) electrons. The molecule has 9 nitrogen and oxygen atoms in total. The van der Waals surface area contributed by atoms with Gasteiger partial charge in [0.25, 0.3) is 11.8 Å². The lowest BCUT2D eigenvalue weighted by atomic mass is 10.0. The maximum absolute atomic E-state index is 13.0. The van der Waals surface area contributed by atoms with Crippen LogP contribution in [0.4, 0.5) is 0 Å². The lowest BCUT2D eigenvalue weighted by Crippen LogP contribution is -2.47. The molecule has 30 heavy (non-hydrogen) atoms. The number of ketones is 1. The Morgan fingerprint density at radius 1 is 1.03 bits per heavy atom. The fraction of sp³-hybridized carbons (Fsp3) is 0.238. The van der Waals surface area contributed by atoms with Gasteiger partial charge < -0.3 is 11.1 Å². The Kier molecular flexibility index (Phi) is 6.01. The van der Waals surface area contributed by atoms with E-state index in [0.29, 0.717) is 17.3 Å². The molecule has 1 unspecified atom stereocenters. The van der Waals surface area contributed by atoms with Gasteiger partial charge in [-0.2, -0.15) is 5.10 Å². The number of benzene rings is 1. The summed E-state index contributed by atoms with van der Waals surface area (Å²) in [5.41, 5.74) is 7.47. The Labute approximate surface area is 173 Å². The number of carbonyl (C=O) groups is 3. The number of aromatic nitrogens is 4. The van der Waals surface area contributed by atoms with Crippen molar-refractivity contribution in [3.8, 4) is 5.82 Å². The minimum atomic E-state index is -1.11. The van der Waals surface area contributed by atoms with Gasteiger partial charge in [0.2, 0.25) is 5.78 Å². The molecule has 0 aliphatic rings. The van der Waals surface area contributed by atoms with Crippen molar-refractivity contribution in [2.75, 3.05) is 0 Å². The summed E-state index contributed by atoms with van der Waals surface area (Å²) >= 11 is 0. The number of carbonyl (C=O) groups excluding carboxylic acids is 3. The standard InChI is InChI=1S/C21H22N6O3/c1-12-10-18(24-14(3)23-12)27-17(9-13(2)26-27)21(30)25-16(19(28)20(22)29)11-15-7-5-4-6-8-15/h4-10,16H,11H2,1-3H3,(H2,22,29)(H,25,30). The highest BCUT2D eigenvalue weighted by atomic mass is 16.2. The van der Waals surface area contributed by atoms with Gasteiger partial charge in [0, 0.05) is 18.2 Å². The van der Waals surface area contributed by atoms with Crippen LogP contribution in [0.2, 0.25) is 0 Å². The van der Waals surface area contributed by atoms with Crippen LogP contribution in [-0.2, 0) is 16.0 Å². The van der Waals surface area contributed by atoms with Gasteiger partial charge in [-0.25, -0.2) is 14.6 Å². The summed E-state index contributed by atoms with van der Waals surface area (Å²) in [6.45, 7) is 5.30. The molecule has 0 aliphatic heterocycles. The van der Waals surface area contributed by atoms with E-state index in [0.717, 1.165) is 11.3 Å². The van der Waals surface area contributed by atoms with Crippen LogP contribution >= 0.6 is 0 Å². The van der Waals surface area contributed by atoms with Gasteiger partial charge in [-0.3, -0.25) is 14.4 Å². The molecule has 2 heterocycles. The van der Waals surface area contributed by atoms with Crippen molar-refractivity contribution in [2.24, 2.45) is 5.73 Å². The molecule has 2 aromatic heterocycles. The van der Waals surface area contributed by atoms with Gasteiger partial charge >= 0.3 is 0 Å². The van der Waals surface area contributed by atoms with E-state index in [2.05, 4.69) is 20.4 Å². The maximum atomic E-state index is 13.0. The van der Waals surface area contributed by atoms with Gasteiger partial charge in [-0.1, -0.05) is 30.3 Å². The minimum absolute atomic E-state index is 0.132. The number of hydrogen-bond acceptors (Lipinski definition) is 6. The first-order chi connectivity index (χ1) is 14.2. The summed E-state index contributed by atoms with van der Waals surface area (Å²) in [7, 11) is 0. The topological polar surface area (TPSA) is 133 Å². The molecule has 1 atom stereocenters. The number of Topliss-reactive ketones (excluding diaryl/α,β-unsaturated/α-hetero) is 1. The van der Waals surface area contributed by atoms with Crippen LogP contribution in [0.5, 0.6) is 0 Å². The Hall–Kier alpha value is -3.88. The zero-order valence-corrected chi connectivity index (χ0v) is 16.9. The highest BCUT2D eigenvalue weighted by Gasteiger charge is 2.27. The van der Waals surface area contributed by atoms with Crippen LogP contribution in [0.15, 0.2) is 42.5 Å². The summed E-state index contributed by atoms with van der Waals surface area (Å²) in [5, 5.41) is 6.97. The normalized spacial score (nSPS) is 11.7. The summed E-state index contributed by atoms with van der Waals surface area (Å²) < 4.78 is 1.39. The second kappa shape index (κ2) is 8.64.